The van der Waals surface area contributed by atoms with Crippen molar-refractivity contribution >= 4 is 29.2 Å². The maximum absolute atomic E-state index is 12.1. The van der Waals surface area contributed by atoms with Gasteiger partial charge in [0.05, 0.1) is 26.7 Å². The standard InChI is InChI=1S/C16H23ClN4O2/c1-20(2)9-3-8-18-16(23)19-13-10-15(22)21(11-13)14-6-4-12(17)5-7-14/h4-7,13H,3,8-11H2,1-2H3,(H2,18,19,23)/p+1/t13-/m0/s1. The van der Waals surface area contributed by atoms with Crippen molar-refractivity contribution in [2.45, 2.75) is 18.9 Å². The molecule has 3 N–H and O–H groups in total. The summed E-state index contributed by atoms with van der Waals surface area (Å²) in [5.74, 6) is 0.00818. The van der Waals surface area contributed by atoms with Gasteiger partial charge in [-0.1, -0.05) is 11.6 Å². The molecule has 1 aromatic rings. The Balaban J connectivity index is 1.78. The molecule has 1 aromatic carbocycles. The Kier molecular flexibility index (Phi) is 6.24. The zero-order valence-corrected chi connectivity index (χ0v) is 14.3. The second kappa shape index (κ2) is 8.17. The van der Waals surface area contributed by atoms with Crippen LogP contribution in [-0.4, -0.2) is 51.7 Å². The van der Waals surface area contributed by atoms with Gasteiger partial charge in [-0.15, -0.1) is 0 Å². The highest BCUT2D eigenvalue weighted by atomic mass is 35.5. The van der Waals surface area contributed by atoms with Gasteiger partial charge in [0.2, 0.25) is 5.91 Å². The summed E-state index contributed by atoms with van der Waals surface area (Å²) in [6.45, 7) is 2.13. The number of nitrogens with zero attached hydrogens (tertiary/aromatic N) is 1. The fraction of sp³-hybridized carbons (Fsp3) is 0.500. The molecular weight excluding hydrogens is 316 g/mol. The van der Waals surface area contributed by atoms with E-state index in [9.17, 15) is 9.59 Å². The lowest BCUT2D eigenvalue weighted by molar-refractivity contribution is -0.858. The largest absolute Gasteiger partial charge is 0.340 e. The van der Waals surface area contributed by atoms with Crippen LogP contribution in [0.4, 0.5) is 10.5 Å². The lowest BCUT2D eigenvalue weighted by Gasteiger charge is -2.17. The van der Waals surface area contributed by atoms with E-state index in [0.29, 0.717) is 24.5 Å². The Morgan fingerprint density at radius 1 is 1.35 bits per heavy atom. The van der Waals surface area contributed by atoms with E-state index in [2.05, 4.69) is 24.7 Å². The number of nitrogens with one attached hydrogen (secondary N) is 3. The number of carbonyl (C=O) groups excluding carboxylic acids is 2. The van der Waals surface area contributed by atoms with Gasteiger partial charge >= 0.3 is 6.03 Å². The molecule has 7 heteroatoms. The first kappa shape index (κ1) is 17.6. The lowest BCUT2D eigenvalue weighted by Crippen LogP contribution is -3.05. The number of rotatable bonds is 6. The molecular formula is C16H24ClN4O2+. The van der Waals surface area contributed by atoms with E-state index in [1.165, 1.54) is 4.90 Å². The molecule has 0 aromatic heterocycles. The topological polar surface area (TPSA) is 65.9 Å². The number of hydrogen-bond acceptors (Lipinski definition) is 2. The molecule has 0 spiro atoms. The first-order valence-corrected chi connectivity index (χ1v) is 8.23. The van der Waals surface area contributed by atoms with E-state index < -0.39 is 0 Å². The van der Waals surface area contributed by atoms with Crippen LogP contribution in [0.1, 0.15) is 12.8 Å². The molecule has 0 saturated carbocycles. The number of benzene rings is 1. The van der Waals surface area contributed by atoms with Crippen molar-refractivity contribution in [1.29, 1.82) is 0 Å². The predicted octanol–water partition coefficient (Wildman–Crippen LogP) is 0.279. The monoisotopic (exact) mass is 339 g/mol. The molecule has 0 unspecified atom stereocenters. The average Bonchev–Trinajstić information content (AvgIpc) is 2.85. The summed E-state index contributed by atoms with van der Waals surface area (Å²) in [5, 5.41) is 6.33. The molecule has 1 atom stereocenters. The number of carbonyl (C=O) groups is 2. The quantitative estimate of drug-likeness (QED) is 0.652. The number of quaternary nitrogens is 1. The van der Waals surface area contributed by atoms with Crippen molar-refractivity contribution < 1.29 is 14.5 Å². The van der Waals surface area contributed by atoms with Gasteiger partial charge in [0, 0.05) is 36.6 Å². The van der Waals surface area contributed by atoms with Gasteiger partial charge in [-0.25, -0.2) is 4.79 Å². The van der Waals surface area contributed by atoms with Crippen LogP contribution in [0.15, 0.2) is 24.3 Å². The van der Waals surface area contributed by atoms with Crippen LogP contribution in [0.5, 0.6) is 0 Å². The fourth-order valence-electron chi connectivity index (χ4n) is 2.56. The van der Waals surface area contributed by atoms with E-state index in [-0.39, 0.29) is 18.0 Å². The third kappa shape index (κ3) is 5.41. The van der Waals surface area contributed by atoms with E-state index in [4.69, 9.17) is 11.6 Å². The predicted molar refractivity (Wildman–Crippen MR) is 91.0 cm³/mol. The van der Waals surface area contributed by atoms with Crippen molar-refractivity contribution in [2.24, 2.45) is 0 Å². The summed E-state index contributed by atoms with van der Waals surface area (Å²) >= 11 is 5.86. The van der Waals surface area contributed by atoms with Crippen molar-refractivity contribution in [3.8, 4) is 0 Å². The highest BCUT2D eigenvalue weighted by Crippen LogP contribution is 2.23. The van der Waals surface area contributed by atoms with Crippen LogP contribution in [0, 0.1) is 0 Å². The van der Waals surface area contributed by atoms with E-state index in [1.54, 1.807) is 17.0 Å². The van der Waals surface area contributed by atoms with Crippen LogP contribution in [-0.2, 0) is 4.79 Å². The molecule has 1 aliphatic rings. The Bertz CT molecular complexity index is 548. The van der Waals surface area contributed by atoms with Gasteiger partial charge < -0.3 is 20.4 Å². The van der Waals surface area contributed by atoms with Crippen molar-refractivity contribution in [3.05, 3.63) is 29.3 Å². The van der Waals surface area contributed by atoms with Crippen LogP contribution in [0.2, 0.25) is 5.02 Å². The third-order valence-electron chi connectivity index (χ3n) is 3.74. The van der Waals surface area contributed by atoms with Crippen LogP contribution >= 0.6 is 11.6 Å². The number of urea groups is 1. The second-order valence-electron chi connectivity index (χ2n) is 6.09. The minimum Gasteiger partial charge on any atom is -0.340 e. The molecule has 2 rings (SSSR count). The molecule has 6 nitrogen and oxygen atoms in total. The highest BCUT2D eigenvalue weighted by Gasteiger charge is 2.31. The highest BCUT2D eigenvalue weighted by molar-refractivity contribution is 6.30. The molecule has 1 saturated heterocycles. The summed E-state index contributed by atoms with van der Waals surface area (Å²) in [7, 11) is 4.16. The minimum absolute atomic E-state index is 0.00818. The molecule has 0 aliphatic carbocycles. The molecule has 1 fully saturated rings. The number of halogens is 1. The van der Waals surface area contributed by atoms with Crippen LogP contribution < -0.4 is 20.4 Å². The summed E-state index contributed by atoms with van der Waals surface area (Å²) in [6.07, 6.45) is 1.24. The molecule has 3 amide bonds. The molecule has 0 radical (unpaired) electrons. The van der Waals surface area contributed by atoms with Gasteiger partial charge in [-0.2, -0.15) is 0 Å². The summed E-state index contributed by atoms with van der Waals surface area (Å²) in [5.41, 5.74) is 0.804. The first-order valence-electron chi connectivity index (χ1n) is 7.85. The Morgan fingerprint density at radius 3 is 2.70 bits per heavy atom. The molecule has 0 bridgehead atoms. The molecule has 1 heterocycles. The van der Waals surface area contributed by atoms with Gasteiger partial charge in [-0.05, 0) is 24.3 Å². The van der Waals surface area contributed by atoms with Crippen molar-refractivity contribution in [2.75, 3.05) is 38.6 Å². The van der Waals surface area contributed by atoms with Gasteiger partial charge in [0.1, 0.15) is 0 Å². The Morgan fingerprint density at radius 2 is 2.04 bits per heavy atom. The zero-order valence-electron chi connectivity index (χ0n) is 13.6. The normalized spacial score (nSPS) is 17.7. The zero-order chi connectivity index (χ0) is 16.8. The fourth-order valence-corrected chi connectivity index (χ4v) is 2.68. The minimum atomic E-state index is -0.213. The Hall–Kier alpha value is -1.79. The number of anilines is 1. The van der Waals surface area contributed by atoms with Crippen molar-refractivity contribution in [1.82, 2.24) is 10.6 Å². The van der Waals surface area contributed by atoms with Crippen molar-refractivity contribution in [3.63, 3.8) is 0 Å². The average molecular weight is 340 g/mol. The maximum Gasteiger partial charge on any atom is 0.315 e. The lowest BCUT2D eigenvalue weighted by atomic mass is 10.2. The summed E-state index contributed by atoms with van der Waals surface area (Å²) in [4.78, 5) is 27.0. The molecule has 126 valence electrons. The van der Waals surface area contributed by atoms with Crippen LogP contribution in [0.3, 0.4) is 0 Å². The number of hydrogen-bond donors (Lipinski definition) is 3. The van der Waals surface area contributed by atoms with Gasteiger partial charge in [0.15, 0.2) is 0 Å². The van der Waals surface area contributed by atoms with Gasteiger partial charge in [-0.3, -0.25) is 4.79 Å². The van der Waals surface area contributed by atoms with Gasteiger partial charge in [0.25, 0.3) is 0 Å². The molecule has 23 heavy (non-hydrogen) atoms. The smallest absolute Gasteiger partial charge is 0.315 e. The Labute approximate surface area is 141 Å². The number of amides is 3. The van der Waals surface area contributed by atoms with E-state index >= 15 is 0 Å². The first-order chi connectivity index (χ1) is 11.0. The SMILES string of the molecule is C[NH+](C)CCCNC(=O)N[C@H]1CC(=O)N(c2ccc(Cl)cc2)C1. The second-order valence-corrected chi connectivity index (χ2v) is 6.53. The maximum atomic E-state index is 12.1. The summed E-state index contributed by atoms with van der Waals surface area (Å²) in [6, 6.07) is 6.75. The molecule has 1 aliphatic heterocycles. The third-order valence-corrected chi connectivity index (χ3v) is 3.99. The van der Waals surface area contributed by atoms with E-state index in [0.717, 1.165) is 18.7 Å². The van der Waals surface area contributed by atoms with Crippen LogP contribution in [0.25, 0.3) is 0 Å². The van der Waals surface area contributed by atoms with E-state index in [1.807, 2.05) is 12.1 Å². The summed E-state index contributed by atoms with van der Waals surface area (Å²) < 4.78 is 0.